The Labute approximate surface area is 212 Å². The lowest BCUT2D eigenvalue weighted by molar-refractivity contribution is -0.0441. The smallest absolute Gasteiger partial charge is 0.315 e. The Hall–Kier alpha value is -2.53. The minimum atomic E-state index is -6.10. The van der Waals surface area contributed by atoms with Crippen molar-refractivity contribution in [3.63, 3.8) is 0 Å². The molecule has 4 aromatic rings. The van der Waals surface area contributed by atoms with Crippen LogP contribution in [0.25, 0.3) is 20.4 Å². The standard InChI is InChI=1S/C20H20F3N5O4S4/c1-4-27-14-8-6-12(3)10-16(14)33-18(27)24-25-19-28(5-2)15-9-7-13(11-17(15)34-19)35(29,30)26-36(31,32)20(21,22)23/h6-11,26H,4-5H2,1-3H3/b24-18-,25-19-. The number of benzene rings is 2. The van der Waals surface area contributed by atoms with Crippen molar-refractivity contribution in [2.75, 3.05) is 0 Å². The molecular formula is C20H20F3N5O4S4. The molecular weight excluding hydrogens is 560 g/mol. The molecule has 0 amide bonds. The summed E-state index contributed by atoms with van der Waals surface area (Å²) in [6.07, 6.45) is 0. The van der Waals surface area contributed by atoms with Gasteiger partial charge in [0.05, 0.1) is 25.3 Å². The van der Waals surface area contributed by atoms with Gasteiger partial charge in [0.1, 0.15) is 0 Å². The predicted octanol–water partition coefficient (Wildman–Crippen LogP) is 3.61. The van der Waals surface area contributed by atoms with E-state index in [0.717, 1.165) is 43.4 Å². The van der Waals surface area contributed by atoms with Crippen molar-refractivity contribution < 1.29 is 30.0 Å². The minimum Gasteiger partial charge on any atom is -0.315 e. The van der Waals surface area contributed by atoms with Gasteiger partial charge in [-0.25, -0.2) is 16.8 Å². The molecule has 0 aliphatic rings. The van der Waals surface area contributed by atoms with Gasteiger partial charge in [0, 0.05) is 13.1 Å². The number of thiazole rings is 2. The van der Waals surface area contributed by atoms with E-state index in [1.54, 1.807) is 4.57 Å². The zero-order valence-corrected chi connectivity index (χ0v) is 22.3. The molecule has 0 aliphatic carbocycles. The maximum atomic E-state index is 12.7. The largest absolute Gasteiger partial charge is 0.512 e. The van der Waals surface area contributed by atoms with Crippen LogP contribution in [0.4, 0.5) is 13.2 Å². The average molecular weight is 580 g/mol. The highest BCUT2D eigenvalue weighted by atomic mass is 32.3. The Morgan fingerprint density at radius 2 is 1.36 bits per heavy atom. The summed E-state index contributed by atoms with van der Waals surface area (Å²) in [5.74, 6) is 0. The van der Waals surface area contributed by atoms with Gasteiger partial charge < -0.3 is 9.13 Å². The van der Waals surface area contributed by atoms with E-state index >= 15 is 0 Å². The molecule has 0 fully saturated rings. The summed E-state index contributed by atoms with van der Waals surface area (Å²) in [7, 11) is -11.1. The molecule has 0 saturated carbocycles. The molecule has 0 saturated heterocycles. The number of aryl methyl sites for hydroxylation is 3. The molecule has 2 aromatic heterocycles. The highest BCUT2D eigenvalue weighted by Crippen LogP contribution is 2.26. The third kappa shape index (κ3) is 4.87. The summed E-state index contributed by atoms with van der Waals surface area (Å²) >= 11 is 2.56. The summed E-state index contributed by atoms with van der Waals surface area (Å²) in [5, 5.41) is 8.81. The first-order chi connectivity index (χ1) is 16.8. The first-order valence-electron chi connectivity index (χ1n) is 10.4. The van der Waals surface area contributed by atoms with Crippen LogP contribution < -0.4 is 13.7 Å². The lowest BCUT2D eigenvalue weighted by Gasteiger charge is -2.10. The van der Waals surface area contributed by atoms with Crippen molar-refractivity contribution in [2.24, 2.45) is 10.2 Å². The highest BCUT2D eigenvalue weighted by molar-refractivity contribution is 8.05. The van der Waals surface area contributed by atoms with Crippen LogP contribution in [0.5, 0.6) is 0 Å². The third-order valence-electron chi connectivity index (χ3n) is 5.18. The minimum absolute atomic E-state index is 0.383. The number of hydrogen-bond donors (Lipinski definition) is 1. The zero-order chi connectivity index (χ0) is 26.5. The van der Waals surface area contributed by atoms with E-state index in [-0.39, 0.29) is 0 Å². The predicted molar refractivity (Wildman–Crippen MR) is 132 cm³/mol. The number of nitrogens with one attached hydrogen (secondary N) is 1. The molecule has 2 heterocycles. The van der Waals surface area contributed by atoms with Crippen LogP contribution in [0.2, 0.25) is 0 Å². The van der Waals surface area contributed by atoms with Gasteiger partial charge in [0.25, 0.3) is 10.0 Å². The van der Waals surface area contributed by atoms with Crippen LogP contribution in [-0.4, -0.2) is 31.5 Å². The number of aromatic nitrogens is 2. The second-order valence-electron chi connectivity index (χ2n) is 7.59. The van der Waals surface area contributed by atoms with Crippen molar-refractivity contribution in [1.82, 2.24) is 13.3 Å². The van der Waals surface area contributed by atoms with E-state index in [1.807, 2.05) is 37.5 Å². The number of fused-ring (bicyclic) bond motifs is 2. The molecule has 4 rings (SSSR count). The molecule has 0 radical (unpaired) electrons. The van der Waals surface area contributed by atoms with Crippen LogP contribution in [0.3, 0.4) is 0 Å². The zero-order valence-electron chi connectivity index (χ0n) is 19.1. The van der Waals surface area contributed by atoms with E-state index in [4.69, 9.17) is 0 Å². The molecule has 0 spiro atoms. The fourth-order valence-corrected chi connectivity index (χ4v) is 8.23. The van der Waals surface area contributed by atoms with Crippen LogP contribution >= 0.6 is 22.7 Å². The van der Waals surface area contributed by atoms with E-state index in [1.165, 1.54) is 17.4 Å². The third-order valence-corrected chi connectivity index (χ3v) is 10.5. The number of nitrogens with zero attached hydrogens (tertiary/aromatic N) is 4. The summed E-state index contributed by atoms with van der Waals surface area (Å²) in [4.78, 5) is 0.483. The second kappa shape index (κ2) is 9.41. The lowest BCUT2D eigenvalue weighted by Crippen LogP contribution is -2.40. The van der Waals surface area contributed by atoms with E-state index in [2.05, 4.69) is 16.3 Å². The molecule has 0 atom stereocenters. The highest BCUT2D eigenvalue weighted by Gasteiger charge is 2.48. The normalized spacial score (nSPS) is 14.4. The summed E-state index contributed by atoms with van der Waals surface area (Å²) in [6, 6.07) is 9.62. The Morgan fingerprint density at radius 3 is 1.86 bits per heavy atom. The van der Waals surface area contributed by atoms with Gasteiger partial charge in [-0.2, -0.15) is 13.2 Å². The molecule has 194 valence electrons. The van der Waals surface area contributed by atoms with Gasteiger partial charge in [-0.15, -0.1) is 10.2 Å². The first kappa shape index (κ1) is 26.5. The quantitative estimate of drug-likeness (QED) is 0.352. The SMILES string of the molecule is CCn1/c(=N/N=c2\sc3cc(S(=O)(=O)NS(=O)(=O)C(F)(F)F)ccc3n2CC)sc2cc(C)ccc21. The van der Waals surface area contributed by atoms with Gasteiger partial charge in [0.2, 0.25) is 9.60 Å². The number of halogens is 3. The Balaban J connectivity index is 1.83. The van der Waals surface area contributed by atoms with Crippen LogP contribution in [0.15, 0.2) is 51.5 Å². The average Bonchev–Trinajstić information content (AvgIpc) is 3.31. The van der Waals surface area contributed by atoms with Gasteiger partial charge in [-0.05, 0) is 56.7 Å². The van der Waals surface area contributed by atoms with Crippen molar-refractivity contribution in [2.45, 2.75) is 44.3 Å². The van der Waals surface area contributed by atoms with Gasteiger partial charge in [0.15, 0.2) is 0 Å². The van der Waals surface area contributed by atoms with Gasteiger partial charge in [-0.1, -0.05) is 32.9 Å². The Bertz CT molecular complexity index is 1830. The van der Waals surface area contributed by atoms with Crippen LogP contribution in [0, 0.1) is 6.92 Å². The van der Waals surface area contributed by atoms with E-state index in [9.17, 15) is 30.0 Å². The van der Waals surface area contributed by atoms with E-state index in [0.29, 0.717) is 32.9 Å². The van der Waals surface area contributed by atoms with Gasteiger partial charge in [-0.3, -0.25) is 0 Å². The fraction of sp³-hybridized carbons (Fsp3) is 0.300. The molecule has 1 N–H and O–H groups in total. The summed E-state index contributed by atoms with van der Waals surface area (Å²) in [6.45, 7) is 6.97. The lowest BCUT2D eigenvalue weighted by atomic mass is 10.2. The molecule has 36 heavy (non-hydrogen) atoms. The van der Waals surface area contributed by atoms with Crippen molar-refractivity contribution in [3.05, 3.63) is 51.6 Å². The topological polar surface area (TPSA) is 115 Å². The number of alkyl halides is 3. The Kier molecular flexibility index (Phi) is 6.93. The second-order valence-corrected chi connectivity index (χ2v) is 13.2. The van der Waals surface area contributed by atoms with Crippen LogP contribution in [0.1, 0.15) is 19.4 Å². The number of hydrogen-bond acceptors (Lipinski definition) is 8. The molecule has 0 unspecified atom stereocenters. The molecule has 0 aliphatic heterocycles. The monoisotopic (exact) mass is 579 g/mol. The Morgan fingerprint density at radius 1 is 0.861 bits per heavy atom. The van der Waals surface area contributed by atoms with Crippen LogP contribution in [-0.2, 0) is 33.1 Å². The number of sulfonamides is 2. The van der Waals surface area contributed by atoms with Crippen molar-refractivity contribution >= 4 is 63.2 Å². The maximum absolute atomic E-state index is 12.7. The maximum Gasteiger partial charge on any atom is 0.512 e. The molecule has 0 bridgehead atoms. The molecule has 16 heteroatoms. The van der Waals surface area contributed by atoms with Crippen molar-refractivity contribution in [1.29, 1.82) is 0 Å². The van der Waals surface area contributed by atoms with Gasteiger partial charge >= 0.3 is 15.5 Å². The molecule has 2 aromatic carbocycles. The van der Waals surface area contributed by atoms with E-state index < -0.39 is 30.5 Å². The molecule has 9 nitrogen and oxygen atoms in total. The summed E-state index contributed by atoms with van der Waals surface area (Å²) < 4.78 is 91.3. The summed E-state index contributed by atoms with van der Waals surface area (Å²) in [5.41, 5.74) is -3.05. The van der Waals surface area contributed by atoms with Crippen molar-refractivity contribution in [3.8, 4) is 0 Å². The number of rotatable bonds is 6. The first-order valence-corrected chi connectivity index (χ1v) is 15.0. The fourth-order valence-electron chi connectivity index (χ4n) is 3.49.